The number of nitrogens with zero attached hydrogens (tertiary/aromatic N) is 3. The highest BCUT2D eigenvalue weighted by Gasteiger charge is 2.25. The van der Waals surface area contributed by atoms with Gasteiger partial charge in [-0.1, -0.05) is 0 Å². The number of rotatable bonds is 4. The maximum Gasteiger partial charge on any atom is 0.257 e. The van der Waals surface area contributed by atoms with E-state index in [1.54, 1.807) is 25.3 Å². The SMILES string of the molecule is Cc1cc(C(=O)N2CCN(c3ccc(NC(=O)c4ccc(F)cc4)cn3)CC2)c(C)o1. The van der Waals surface area contributed by atoms with Gasteiger partial charge in [0.25, 0.3) is 11.8 Å². The number of benzene rings is 1. The van der Waals surface area contributed by atoms with Crippen LogP contribution in [-0.4, -0.2) is 47.9 Å². The third-order valence-corrected chi connectivity index (χ3v) is 5.27. The molecule has 0 unspecified atom stereocenters. The van der Waals surface area contributed by atoms with E-state index in [2.05, 4.69) is 15.2 Å². The van der Waals surface area contributed by atoms with Crippen molar-refractivity contribution >= 4 is 23.3 Å². The van der Waals surface area contributed by atoms with Crippen LogP contribution >= 0.6 is 0 Å². The van der Waals surface area contributed by atoms with Crippen LogP contribution in [0.2, 0.25) is 0 Å². The Morgan fingerprint density at radius 1 is 1.03 bits per heavy atom. The van der Waals surface area contributed by atoms with Gasteiger partial charge in [0.15, 0.2) is 0 Å². The highest BCUT2D eigenvalue weighted by atomic mass is 19.1. The number of furan rings is 1. The number of pyridine rings is 1. The van der Waals surface area contributed by atoms with E-state index in [0.717, 1.165) is 11.6 Å². The molecule has 0 atom stereocenters. The van der Waals surface area contributed by atoms with Gasteiger partial charge in [-0.05, 0) is 56.3 Å². The number of aromatic nitrogens is 1. The topological polar surface area (TPSA) is 78.7 Å². The number of hydrogen-bond acceptors (Lipinski definition) is 5. The average Bonchev–Trinajstić information content (AvgIpc) is 3.12. The van der Waals surface area contributed by atoms with E-state index in [0.29, 0.717) is 48.8 Å². The van der Waals surface area contributed by atoms with Gasteiger partial charge in [0.05, 0.1) is 17.4 Å². The summed E-state index contributed by atoms with van der Waals surface area (Å²) in [5.74, 6) is 1.43. The minimum absolute atomic E-state index is 0.0131. The Morgan fingerprint density at radius 2 is 1.74 bits per heavy atom. The van der Waals surface area contributed by atoms with Crippen LogP contribution in [0.5, 0.6) is 0 Å². The van der Waals surface area contributed by atoms with E-state index in [1.807, 2.05) is 17.9 Å². The van der Waals surface area contributed by atoms with Gasteiger partial charge < -0.3 is 19.5 Å². The van der Waals surface area contributed by atoms with Crippen LogP contribution in [0.25, 0.3) is 0 Å². The van der Waals surface area contributed by atoms with Crippen molar-refractivity contribution in [3.63, 3.8) is 0 Å². The van der Waals surface area contributed by atoms with Crippen LogP contribution in [0.1, 0.15) is 32.2 Å². The third kappa shape index (κ3) is 4.58. The Kier molecular flexibility index (Phi) is 5.70. The lowest BCUT2D eigenvalue weighted by Crippen LogP contribution is -2.49. The molecule has 0 bridgehead atoms. The summed E-state index contributed by atoms with van der Waals surface area (Å²) >= 11 is 0. The Labute approximate surface area is 179 Å². The Morgan fingerprint density at radius 3 is 2.32 bits per heavy atom. The van der Waals surface area contributed by atoms with Crippen molar-refractivity contribution in [1.29, 1.82) is 0 Å². The number of carbonyl (C=O) groups excluding carboxylic acids is 2. The van der Waals surface area contributed by atoms with E-state index in [4.69, 9.17) is 4.42 Å². The van der Waals surface area contributed by atoms with Gasteiger partial charge in [-0.25, -0.2) is 9.37 Å². The number of aryl methyl sites for hydroxylation is 2. The minimum Gasteiger partial charge on any atom is -0.466 e. The number of nitrogens with one attached hydrogen (secondary N) is 1. The number of hydrogen-bond donors (Lipinski definition) is 1. The maximum atomic E-state index is 13.0. The summed E-state index contributed by atoms with van der Waals surface area (Å²) in [5, 5.41) is 2.75. The Hall–Kier alpha value is -3.68. The summed E-state index contributed by atoms with van der Waals surface area (Å²) in [6.07, 6.45) is 1.59. The molecule has 31 heavy (non-hydrogen) atoms. The fraction of sp³-hybridized carbons (Fsp3) is 0.261. The first kappa shape index (κ1) is 20.6. The second-order valence-corrected chi connectivity index (χ2v) is 7.47. The summed E-state index contributed by atoms with van der Waals surface area (Å²) in [6.45, 7) is 6.14. The smallest absolute Gasteiger partial charge is 0.257 e. The maximum absolute atomic E-state index is 13.0. The summed E-state index contributed by atoms with van der Waals surface area (Å²) < 4.78 is 18.5. The number of anilines is 2. The Bertz CT molecular complexity index is 1090. The lowest BCUT2D eigenvalue weighted by atomic mass is 10.2. The normalized spacial score (nSPS) is 13.9. The lowest BCUT2D eigenvalue weighted by molar-refractivity contribution is 0.0744. The first-order valence-corrected chi connectivity index (χ1v) is 10.0. The fourth-order valence-electron chi connectivity index (χ4n) is 3.60. The summed E-state index contributed by atoms with van der Waals surface area (Å²) in [4.78, 5) is 33.3. The lowest BCUT2D eigenvalue weighted by Gasteiger charge is -2.35. The predicted octanol–water partition coefficient (Wildman–Crippen LogP) is 3.65. The molecule has 0 spiro atoms. The second-order valence-electron chi connectivity index (χ2n) is 7.47. The van der Waals surface area contributed by atoms with Gasteiger partial charge in [0.1, 0.15) is 23.2 Å². The third-order valence-electron chi connectivity index (χ3n) is 5.27. The van der Waals surface area contributed by atoms with Crippen LogP contribution in [0.15, 0.2) is 53.1 Å². The molecular weight excluding hydrogens is 399 g/mol. The standard InChI is InChI=1S/C23H23FN4O3/c1-15-13-20(16(2)31-15)23(30)28-11-9-27(10-12-28)21-8-7-19(14-25-21)26-22(29)17-3-5-18(24)6-4-17/h3-8,13-14H,9-12H2,1-2H3,(H,26,29). The van der Waals surface area contributed by atoms with Crippen molar-refractivity contribution < 1.29 is 18.4 Å². The molecule has 1 aliphatic heterocycles. The molecule has 7 nitrogen and oxygen atoms in total. The van der Waals surface area contributed by atoms with Crippen molar-refractivity contribution in [2.75, 3.05) is 36.4 Å². The highest BCUT2D eigenvalue weighted by molar-refractivity contribution is 6.04. The van der Waals surface area contributed by atoms with Crippen molar-refractivity contribution in [1.82, 2.24) is 9.88 Å². The average molecular weight is 422 g/mol. The molecule has 8 heteroatoms. The predicted molar refractivity (Wildman–Crippen MR) is 115 cm³/mol. The van der Waals surface area contributed by atoms with Crippen LogP contribution in [0.4, 0.5) is 15.9 Å². The molecule has 160 valence electrons. The molecule has 3 heterocycles. The zero-order valence-electron chi connectivity index (χ0n) is 17.4. The molecule has 4 rings (SSSR count). The summed E-state index contributed by atoms with van der Waals surface area (Å²) in [5.41, 5.74) is 1.54. The van der Waals surface area contributed by atoms with Gasteiger partial charge in [-0.3, -0.25) is 9.59 Å². The van der Waals surface area contributed by atoms with Crippen LogP contribution in [0, 0.1) is 19.7 Å². The van der Waals surface area contributed by atoms with Crippen LogP contribution in [0.3, 0.4) is 0 Å². The van der Waals surface area contributed by atoms with Gasteiger partial charge in [-0.15, -0.1) is 0 Å². The van der Waals surface area contributed by atoms with Gasteiger partial charge in [0, 0.05) is 31.7 Å². The zero-order valence-corrected chi connectivity index (χ0v) is 17.4. The molecule has 1 saturated heterocycles. The van der Waals surface area contributed by atoms with Crippen molar-refractivity contribution in [2.24, 2.45) is 0 Å². The zero-order chi connectivity index (χ0) is 22.0. The molecule has 2 aromatic heterocycles. The fourth-order valence-corrected chi connectivity index (χ4v) is 3.60. The van der Waals surface area contributed by atoms with Crippen LogP contribution in [-0.2, 0) is 0 Å². The van der Waals surface area contributed by atoms with Crippen molar-refractivity contribution in [2.45, 2.75) is 13.8 Å². The molecule has 3 aromatic rings. The first-order valence-electron chi connectivity index (χ1n) is 10.0. The van der Waals surface area contributed by atoms with E-state index < -0.39 is 0 Å². The molecule has 0 radical (unpaired) electrons. The van der Waals surface area contributed by atoms with E-state index in [9.17, 15) is 14.0 Å². The van der Waals surface area contributed by atoms with Gasteiger partial charge in [0.2, 0.25) is 0 Å². The number of piperazine rings is 1. The minimum atomic E-state index is -0.389. The molecule has 0 saturated carbocycles. The van der Waals surface area contributed by atoms with E-state index >= 15 is 0 Å². The number of halogens is 1. The molecule has 1 N–H and O–H groups in total. The molecular formula is C23H23FN4O3. The van der Waals surface area contributed by atoms with Crippen molar-refractivity contribution in [3.8, 4) is 0 Å². The van der Waals surface area contributed by atoms with Gasteiger partial charge >= 0.3 is 0 Å². The Balaban J connectivity index is 1.34. The van der Waals surface area contributed by atoms with Crippen LogP contribution < -0.4 is 10.2 Å². The largest absolute Gasteiger partial charge is 0.466 e. The molecule has 2 amide bonds. The highest BCUT2D eigenvalue weighted by Crippen LogP contribution is 2.20. The van der Waals surface area contributed by atoms with E-state index in [1.165, 1.54) is 24.3 Å². The monoisotopic (exact) mass is 422 g/mol. The molecule has 0 aliphatic carbocycles. The second kappa shape index (κ2) is 8.59. The van der Waals surface area contributed by atoms with E-state index in [-0.39, 0.29) is 17.6 Å². The molecule has 1 aromatic carbocycles. The first-order chi connectivity index (χ1) is 14.9. The molecule has 1 aliphatic rings. The quantitative estimate of drug-likeness (QED) is 0.695. The van der Waals surface area contributed by atoms with Crippen molar-refractivity contribution in [3.05, 3.63) is 77.1 Å². The summed E-state index contributed by atoms with van der Waals surface area (Å²) in [6, 6.07) is 10.7. The number of amides is 2. The number of carbonyl (C=O) groups is 2. The summed E-state index contributed by atoms with van der Waals surface area (Å²) in [7, 11) is 0. The van der Waals surface area contributed by atoms with Gasteiger partial charge in [-0.2, -0.15) is 0 Å². The molecule has 1 fully saturated rings.